The lowest BCUT2D eigenvalue weighted by atomic mass is 10.0. The second kappa shape index (κ2) is 6.11. The fraction of sp³-hybridized carbons (Fsp3) is 0.462. The van der Waals surface area contributed by atoms with Gasteiger partial charge in [-0.2, -0.15) is 11.8 Å². The Bertz CT molecular complexity index is 420. The number of rotatable bonds is 6. The number of hydrogen-bond donors (Lipinski definition) is 2. The largest absolute Gasteiger partial charge is 0.488 e. The van der Waals surface area contributed by atoms with Crippen LogP contribution < -0.4 is 10.5 Å². The highest BCUT2D eigenvalue weighted by atomic mass is 32.2. The van der Waals surface area contributed by atoms with Gasteiger partial charge in [0, 0.05) is 29.5 Å². The van der Waals surface area contributed by atoms with E-state index in [0.29, 0.717) is 6.42 Å². The predicted octanol–water partition coefficient (Wildman–Crippen LogP) is 2.05. The number of ether oxygens (including phenoxy) is 1. The lowest BCUT2D eigenvalue weighted by Crippen LogP contribution is -2.31. The molecule has 1 fully saturated rings. The molecule has 1 unspecified atom stereocenters. The smallest absolute Gasteiger partial charge is 0.303 e. The van der Waals surface area contributed by atoms with Crippen molar-refractivity contribution < 1.29 is 14.6 Å². The van der Waals surface area contributed by atoms with Gasteiger partial charge in [0.15, 0.2) is 0 Å². The first-order valence-electron chi connectivity index (χ1n) is 5.97. The van der Waals surface area contributed by atoms with E-state index in [-0.39, 0.29) is 18.6 Å². The number of hydrogen-bond acceptors (Lipinski definition) is 4. The third kappa shape index (κ3) is 3.40. The molecule has 5 heteroatoms. The minimum Gasteiger partial charge on any atom is -0.488 e. The number of benzene rings is 1. The molecule has 1 heterocycles. The zero-order valence-electron chi connectivity index (χ0n) is 10.0. The molecule has 1 atom stereocenters. The molecule has 98 valence electrons. The molecule has 1 aliphatic heterocycles. The molecule has 4 nitrogen and oxygen atoms in total. The van der Waals surface area contributed by atoms with Crippen molar-refractivity contribution >= 4 is 17.7 Å². The Kier molecular flexibility index (Phi) is 4.49. The Morgan fingerprint density at radius 1 is 1.50 bits per heavy atom. The Morgan fingerprint density at radius 2 is 2.22 bits per heavy atom. The Hall–Kier alpha value is -1.20. The molecule has 1 saturated heterocycles. The number of carboxylic acid groups (broad SMARTS) is 1. The first kappa shape index (κ1) is 13.2. The summed E-state index contributed by atoms with van der Waals surface area (Å²) in [5.41, 5.74) is 6.93. The third-order valence-corrected chi connectivity index (χ3v) is 4.10. The highest BCUT2D eigenvalue weighted by molar-refractivity contribution is 8.00. The topological polar surface area (TPSA) is 72.6 Å². The summed E-state index contributed by atoms with van der Waals surface area (Å²) >= 11 is 1.86. The molecule has 0 aromatic heterocycles. The van der Waals surface area contributed by atoms with Crippen LogP contribution in [-0.2, 0) is 4.79 Å². The molecule has 0 radical (unpaired) electrons. The molecule has 0 spiro atoms. The molecular formula is C13H17NO3S. The van der Waals surface area contributed by atoms with Crippen molar-refractivity contribution in [1.82, 2.24) is 0 Å². The van der Waals surface area contributed by atoms with Gasteiger partial charge in [-0.3, -0.25) is 4.79 Å². The van der Waals surface area contributed by atoms with Gasteiger partial charge in [-0.15, -0.1) is 0 Å². The second-order valence-corrected chi connectivity index (χ2v) is 5.43. The van der Waals surface area contributed by atoms with Crippen LogP contribution in [0.2, 0.25) is 0 Å². The maximum Gasteiger partial charge on any atom is 0.303 e. The first-order valence-corrected chi connectivity index (χ1v) is 7.13. The minimum absolute atomic E-state index is 0.0782. The van der Waals surface area contributed by atoms with Crippen LogP contribution in [-0.4, -0.2) is 28.7 Å². The summed E-state index contributed by atoms with van der Waals surface area (Å²) in [6.45, 7) is 0. The van der Waals surface area contributed by atoms with Crippen LogP contribution in [0.4, 0.5) is 0 Å². The van der Waals surface area contributed by atoms with E-state index in [9.17, 15) is 4.79 Å². The maximum absolute atomic E-state index is 10.6. The van der Waals surface area contributed by atoms with E-state index in [0.717, 1.165) is 22.8 Å². The van der Waals surface area contributed by atoms with E-state index >= 15 is 0 Å². The summed E-state index contributed by atoms with van der Waals surface area (Å²) in [6, 6.07) is 7.34. The zero-order valence-corrected chi connectivity index (χ0v) is 10.9. The SMILES string of the molecule is NC(CCC(=O)O)c1ccccc1OC1CSC1. The normalized spacial score (nSPS) is 16.9. The van der Waals surface area contributed by atoms with Crippen LogP contribution in [0.15, 0.2) is 24.3 Å². The number of nitrogens with two attached hydrogens (primary N) is 1. The van der Waals surface area contributed by atoms with Gasteiger partial charge in [-0.25, -0.2) is 0 Å². The molecular weight excluding hydrogens is 250 g/mol. The summed E-state index contributed by atoms with van der Waals surface area (Å²) < 4.78 is 5.86. The quantitative estimate of drug-likeness (QED) is 0.825. The molecule has 2 rings (SSSR count). The number of aliphatic carboxylic acids is 1. The maximum atomic E-state index is 10.6. The van der Waals surface area contributed by atoms with E-state index in [1.807, 2.05) is 36.0 Å². The van der Waals surface area contributed by atoms with Gasteiger partial charge < -0.3 is 15.6 Å². The second-order valence-electron chi connectivity index (χ2n) is 4.35. The van der Waals surface area contributed by atoms with Gasteiger partial charge in [0.1, 0.15) is 11.9 Å². The van der Waals surface area contributed by atoms with Gasteiger partial charge in [0.05, 0.1) is 0 Å². The van der Waals surface area contributed by atoms with Crippen molar-refractivity contribution in [2.75, 3.05) is 11.5 Å². The molecule has 18 heavy (non-hydrogen) atoms. The van der Waals surface area contributed by atoms with E-state index < -0.39 is 5.97 Å². The Balaban J connectivity index is 2.02. The van der Waals surface area contributed by atoms with Crippen molar-refractivity contribution in [2.24, 2.45) is 5.73 Å². The van der Waals surface area contributed by atoms with Crippen molar-refractivity contribution in [3.8, 4) is 5.75 Å². The summed E-state index contributed by atoms with van der Waals surface area (Å²) in [6.07, 6.45) is 0.770. The predicted molar refractivity (Wildman–Crippen MR) is 72.0 cm³/mol. The molecule has 0 aliphatic carbocycles. The highest BCUT2D eigenvalue weighted by Gasteiger charge is 2.22. The van der Waals surface area contributed by atoms with Crippen molar-refractivity contribution in [2.45, 2.75) is 25.0 Å². The molecule has 1 aliphatic rings. The van der Waals surface area contributed by atoms with Crippen LogP contribution in [0, 0.1) is 0 Å². The van der Waals surface area contributed by atoms with Gasteiger partial charge in [-0.05, 0) is 12.5 Å². The average molecular weight is 267 g/mol. The summed E-state index contributed by atoms with van der Waals surface area (Å²) in [5.74, 6) is 2.00. The molecule has 1 aromatic carbocycles. The molecule has 1 aromatic rings. The van der Waals surface area contributed by atoms with Crippen LogP contribution in [0.1, 0.15) is 24.4 Å². The fourth-order valence-corrected chi connectivity index (χ4v) is 2.35. The number of carbonyl (C=O) groups is 1. The van der Waals surface area contributed by atoms with Gasteiger partial charge >= 0.3 is 5.97 Å². The Labute approximate surface area is 111 Å². The lowest BCUT2D eigenvalue weighted by molar-refractivity contribution is -0.137. The van der Waals surface area contributed by atoms with Gasteiger partial charge in [0.25, 0.3) is 0 Å². The number of para-hydroxylation sites is 1. The molecule has 0 bridgehead atoms. The summed E-state index contributed by atoms with van der Waals surface area (Å²) in [4.78, 5) is 10.6. The van der Waals surface area contributed by atoms with Crippen molar-refractivity contribution in [1.29, 1.82) is 0 Å². The Morgan fingerprint density at radius 3 is 2.83 bits per heavy atom. The molecule has 0 amide bonds. The fourth-order valence-electron chi connectivity index (χ4n) is 1.79. The van der Waals surface area contributed by atoms with E-state index in [4.69, 9.17) is 15.6 Å². The van der Waals surface area contributed by atoms with Crippen molar-refractivity contribution in [3.05, 3.63) is 29.8 Å². The number of thioether (sulfide) groups is 1. The minimum atomic E-state index is -0.820. The standard InChI is InChI=1S/C13H17NO3S/c14-11(5-6-13(15)16)10-3-1-2-4-12(10)17-9-7-18-8-9/h1-4,9,11H,5-8,14H2,(H,15,16). The average Bonchev–Trinajstić information content (AvgIpc) is 2.31. The van der Waals surface area contributed by atoms with Gasteiger partial charge in [-0.1, -0.05) is 18.2 Å². The third-order valence-electron chi connectivity index (χ3n) is 2.89. The monoisotopic (exact) mass is 267 g/mol. The summed E-state index contributed by atoms with van der Waals surface area (Å²) in [7, 11) is 0. The van der Waals surface area contributed by atoms with E-state index in [1.54, 1.807) is 0 Å². The van der Waals surface area contributed by atoms with Crippen molar-refractivity contribution in [3.63, 3.8) is 0 Å². The van der Waals surface area contributed by atoms with E-state index in [2.05, 4.69) is 0 Å². The van der Waals surface area contributed by atoms with Crippen LogP contribution >= 0.6 is 11.8 Å². The van der Waals surface area contributed by atoms with E-state index in [1.165, 1.54) is 0 Å². The molecule has 3 N–H and O–H groups in total. The lowest BCUT2D eigenvalue weighted by Gasteiger charge is -2.28. The number of carboxylic acids is 1. The summed E-state index contributed by atoms with van der Waals surface area (Å²) in [5, 5.41) is 8.68. The van der Waals surface area contributed by atoms with Gasteiger partial charge in [0.2, 0.25) is 0 Å². The highest BCUT2D eigenvalue weighted by Crippen LogP contribution is 2.30. The first-order chi connectivity index (χ1) is 8.66. The van der Waals surface area contributed by atoms with Crippen LogP contribution in [0.5, 0.6) is 5.75 Å². The van der Waals surface area contributed by atoms with Crippen LogP contribution in [0.3, 0.4) is 0 Å². The van der Waals surface area contributed by atoms with Crippen LogP contribution in [0.25, 0.3) is 0 Å². The molecule has 0 saturated carbocycles. The zero-order chi connectivity index (χ0) is 13.0.